The fraction of sp³-hybridized carbons (Fsp3) is 0.0909. The molecule has 0 bridgehead atoms. The number of halogens is 2. The molecule has 6 heteroatoms. The second-order valence-corrected chi connectivity index (χ2v) is 8.09. The Morgan fingerprint density at radius 3 is 2.29 bits per heavy atom. The van der Waals surface area contributed by atoms with Crippen molar-refractivity contribution >= 4 is 35.0 Å². The minimum absolute atomic E-state index is 0.608. The number of aryl methyl sites for hydroxylation is 1. The van der Waals surface area contributed by atoms with Crippen molar-refractivity contribution in [2.45, 2.75) is 17.8 Å². The largest absolute Gasteiger partial charge is 0.270 e. The molecule has 4 rings (SSSR count). The van der Waals surface area contributed by atoms with Gasteiger partial charge in [0.25, 0.3) is 0 Å². The highest BCUT2D eigenvalue weighted by Gasteiger charge is 2.17. The third-order valence-corrected chi connectivity index (χ3v) is 5.99. The molecule has 0 spiro atoms. The molecule has 0 radical (unpaired) electrons. The molecular formula is C22H17Cl2N3S. The van der Waals surface area contributed by atoms with Crippen LogP contribution < -0.4 is 0 Å². The molecule has 1 aromatic heterocycles. The van der Waals surface area contributed by atoms with Crippen LogP contribution >= 0.6 is 35.0 Å². The molecule has 0 aliphatic heterocycles. The zero-order valence-electron chi connectivity index (χ0n) is 15.1. The van der Waals surface area contributed by atoms with Gasteiger partial charge < -0.3 is 0 Å². The number of nitrogens with zero attached hydrogens (tertiary/aromatic N) is 3. The summed E-state index contributed by atoms with van der Waals surface area (Å²) < 4.78 is 2.07. The Balaban J connectivity index is 1.76. The maximum Gasteiger partial charge on any atom is 0.196 e. The van der Waals surface area contributed by atoms with Crippen LogP contribution in [0.25, 0.3) is 17.1 Å². The fourth-order valence-electron chi connectivity index (χ4n) is 2.95. The summed E-state index contributed by atoms with van der Waals surface area (Å²) in [7, 11) is 0. The third-order valence-electron chi connectivity index (χ3n) is 4.33. The molecule has 28 heavy (non-hydrogen) atoms. The van der Waals surface area contributed by atoms with Crippen molar-refractivity contribution in [1.29, 1.82) is 0 Å². The van der Waals surface area contributed by atoms with E-state index in [0.717, 1.165) is 27.8 Å². The van der Waals surface area contributed by atoms with Crippen molar-refractivity contribution in [2.75, 3.05) is 0 Å². The van der Waals surface area contributed by atoms with Crippen LogP contribution in [0.5, 0.6) is 0 Å². The van der Waals surface area contributed by atoms with Gasteiger partial charge in [0.2, 0.25) is 0 Å². The Labute approximate surface area is 178 Å². The molecule has 4 aromatic rings. The predicted octanol–water partition coefficient (Wildman–Crippen LogP) is 6.84. The van der Waals surface area contributed by atoms with E-state index in [2.05, 4.69) is 52.0 Å². The summed E-state index contributed by atoms with van der Waals surface area (Å²) in [6.45, 7) is 2.07. The van der Waals surface area contributed by atoms with E-state index < -0.39 is 0 Å². The van der Waals surface area contributed by atoms with Crippen molar-refractivity contribution in [3.05, 3.63) is 94.0 Å². The fourth-order valence-corrected chi connectivity index (χ4v) is 4.64. The molecule has 3 nitrogen and oxygen atoms in total. The first-order valence-electron chi connectivity index (χ1n) is 8.77. The molecule has 0 saturated carbocycles. The Bertz CT molecular complexity index is 1090. The quantitative estimate of drug-likeness (QED) is 0.327. The summed E-state index contributed by atoms with van der Waals surface area (Å²) >= 11 is 14.2. The van der Waals surface area contributed by atoms with Gasteiger partial charge in [-0.15, -0.1) is 10.2 Å². The number of para-hydroxylation sites is 1. The van der Waals surface area contributed by atoms with Gasteiger partial charge in [-0.3, -0.25) is 4.57 Å². The average molecular weight is 426 g/mol. The topological polar surface area (TPSA) is 30.7 Å². The first kappa shape index (κ1) is 19.1. The van der Waals surface area contributed by atoms with Gasteiger partial charge in [-0.05, 0) is 42.8 Å². The lowest BCUT2D eigenvalue weighted by Crippen LogP contribution is -2.00. The van der Waals surface area contributed by atoms with Crippen molar-refractivity contribution in [2.24, 2.45) is 0 Å². The van der Waals surface area contributed by atoms with E-state index in [1.807, 2.05) is 42.5 Å². The molecule has 0 aliphatic carbocycles. The molecule has 1 heterocycles. The number of hydrogen-bond acceptors (Lipinski definition) is 3. The highest BCUT2D eigenvalue weighted by atomic mass is 35.5. The zero-order chi connectivity index (χ0) is 19.5. The molecule has 0 amide bonds. The van der Waals surface area contributed by atoms with Crippen molar-refractivity contribution in [3.63, 3.8) is 0 Å². The van der Waals surface area contributed by atoms with Gasteiger partial charge in [-0.25, -0.2) is 0 Å². The summed E-state index contributed by atoms with van der Waals surface area (Å²) in [5, 5.41) is 11.1. The molecular weight excluding hydrogens is 409 g/mol. The van der Waals surface area contributed by atoms with Gasteiger partial charge in [-0.2, -0.15) is 0 Å². The summed E-state index contributed by atoms with van der Waals surface area (Å²) in [6.07, 6.45) is 0. The monoisotopic (exact) mass is 425 g/mol. The second kappa shape index (κ2) is 8.39. The van der Waals surface area contributed by atoms with Crippen LogP contribution in [0, 0.1) is 6.92 Å². The molecule has 0 atom stereocenters. The van der Waals surface area contributed by atoms with E-state index in [0.29, 0.717) is 15.8 Å². The average Bonchev–Trinajstić information content (AvgIpc) is 3.12. The molecule has 0 fully saturated rings. The van der Waals surface area contributed by atoms with Gasteiger partial charge in [0.1, 0.15) is 0 Å². The minimum Gasteiger partial charge on any atom is -0.270 e. The summed E-state index contributed by atoms with van der Waals surface area (Å²) in [5.41, 5.74) is 4.11. The van der Waals surface area contributed by atoms with E-state index >= 15 is 0 Å². The Hall–Kier alpha value is -2.27. The van der Waals surface area contributed by atoms with Crippen LogP contribution in [0.15, 0.2) is 78.0 Å². The van der Waals surface area contributed by atoms with Gasteiger partial charge in [0, 0.05) is 27.0 Å². The molecule has 0 aliphatic rings. The second-order valence-electron chi connectivity index (χ2n) is 6.34. The number of benzene rings is 3. The zero-order valence-corrected chi connectivity index (χ0v) is 17.5. The number of rotatable bonds is 5. The normalized spacial score (nSPS) is 11.0. The molecule has 0 N–H and O–H groups in total. The lowest BCUT2D eigenvalue weighted by atomic mass is 10.1. The molecule has 140 valence electrons. The maximum absolute atomic E-state index is 6.33. The van der Waals surface area contributed by atoms with Gasteiger partial charge >= 0.3 is 0 Å². The Morgan fingerprint density at radius 2 is 1.57 bits per heavy atom. The van der Waals surface area contributed by atoms with Gasteiger partial charge in [-0.1, -0.05) is 83.0 Å². The van der Waals surface area contributed by atoms with Crippen molar-refractivity contribution in [1.82, 2.24) is 14.8 Å². The van der Waals surface area contributed by atoms with E-state index in [1.165, 1.54) is 5.56 Å². The number of aromatic nitrogens is 3. The van der Waals surface area contributed by atoms with Crippen LogP contribution in [0.4, 0.5) is 0 Å². The van der Waals surface area contributed by atoms with Crippen LogP contribution in [0.2, 0.25) is 10.0 Å². The van der Waals surface area contributed by atoms with Crippen LogP contribution in [0.3, 0.4) is 0 Å². The van der Waals surface area contributed by atoms with Crippen molar-refractivity contribution < 1.29 is 0 Å². The first-order chi connectivity index (χ1) is 13.6. The SMILES string of the molecule is Cc1cccc(-c2nnc(SCc3c(Cl)cccc3Cl)n2-c2ccccc2)c1. The number of thioether (sulfide) groups is 1. The maximum atomic E-state index is 6.33. The van der Waals surface area contributed by atoms with E-state index in [-0.39, 0.29) is 0 Å². The summed E-state index contributed by atoms with van der Waals surface area (Å²) in [5.74, 6) is 1.42. The van der Waals surface area contributed by atoms with E-state index in [4.69, 9.17) is 23.2 Å². The van der Waals surface area contributed by atoms with E-state index in [1.54, 1.807) is 11.8 Å². The molecule has 3 aromatic carbocycles. The van der Waals surface area contributed by atoms with Crippen LogP contribution in [-0.4, -0.2) is 14.8 Å². The van der Waals surface area contributed by atoms with Gasteiger partial charge in [0.05, 0.1) is 0 Å². The first-order valence-corrected chi connectivity index (χ1v) is 10.5. The minimum atomic E-state index is 0.608. The lowest BCUT2D eigenvalue weighted by Gasteiger charge is -2.11. The highest BCUT2D eigenvalue weighted by Crippen LogP contribution is 2.33. The summed E-state index contributed by atoms with van der Waals surface area (Å²) in [6, 6.07) is 23.9. The van der Waals surface area contributed by atoms with Gasteiger partial charge in [0.15, 0.2) is 11.0 Å². The van der Waals surface area contributed by atoms with Crippen LogP contribution in [0.1, 0.15) is 11.1 Å². The Kier molecular flexibility index (Phi) is 5.72. The molecule has 0 unspecified atom stereocenters. The highest BCUT2D eigenvalue weighted by molar-refractivity contribution is 7.98. The Morgan fingerprint density at radius 1 is 0.857 bits per heavy atom. The lowest BCUT2D eigenvalue weighted by molar-refractivity contribution is 0.886. The van der Waals surface area contributed by atoms with Crippen molar-refractivity contribution in [3.8, 4) is 17.1 Å². The molecule has 0 saturated heterocycles. The predicted molar refractivity (Wildman–Crippen MR) is 118 cm³/mol. The van der Waals surface area contributed by atoms with Crippen LogP contribution in [-0.2, 0) is 5.75 Å². The number of hydrogen-bond donors (Lipinski definition) is 0. The summed E-state index contributed by atoms with van der Waals surface area (Å²) in [4.78, 5) is 0. The standard InChI is InChI=1S/C22H17Cl2N3S/c1-15-7-5-8-16(13-15)21-25-26-22(27(21)17-9-3-2-4-10-17)28-14-18-19(23)11-6-12-20(18)24/h2-13H,14H2,1H3. The third kappa shape index (κ3) is 3.95. The van der Waals surface area contributed by atoms with E-state index in [9.17, 15) is 0 Å². The smallest absolute Gasteiger partial charge is 0.196 e.